The fourth-order valence-electron chi connectivity index (χ4n) is 3.22. The maximum absolute atomic E-state index is 13.1. The highest BCUT2D eigenvalue weighted by atomic mass is 19.4. The van der Waals surface area contributed by atoms with Crippen LogP contribution in [0.25, 0.3) is 5.69 Å². The Hall–Kier alpha value is -2.42. The number of hydrogen-bond donors (Lipinski definition) is 1. The van der Waals surface area contributed by atoms with Crippen molar-refractivity contribution >= 4 is 11.7 Å². The van der Waals surface area contributed by atoms with E-state index >= 15 is 0 Å². The van der Waals surface area contributed by atoms with Crippen LogP contribution in [-0.4, -0.2) is 46.4 Å². The number of nitrogens with one attached hydrogen (secondary N) is 1. The highest BCUT2D eigenvalue weighted by molar-refractivity contribution is 5.91. The second-order valence-electron chi connectivity index (χ2n) is 6.72. The Balaban J connectivity index is 1.67. The molecule has 1 aromatic heterocycles. The standard InChI is InChI=1S/C18H20F4N4O/c1-12-9-16(26(24-12)15-6-4-14(19)5-7-15)23-17(27)11-25-8-2-3-13(10-25)18(20,21)22/h4-7,9,13H,2-3,8,10-11H2,1H3,(H,23,27)/t13-/m1/s1. The van der Waals surface area contributed by atoms with Crippen molar-refractivity contribution in [2.75, 3.05) is 25.0 Å². The van der Waals surface area contributed by atoms with Gasteiger partial charge in [-0.15, -0.1) is 0 Å². The number of aromatic nitrogens is 2. The molecule has 27 heavy (non-hydrogen) atoms. The summed E-state index contributed by atoms with van der Waals surface area (Å²) in [5, 5.41) is 6.96. The Morgan fingerprint density at radius 1 is 1.30 bits per heavy atom. The Labute approximate surface area is 154 Å². The number of halogens is 4. The van der Waals surface area contributed by atoms with E-state index in [0.717, 1.165) is 0 Å². The van der Waals surface area contributed by atoms with Gasteiger partial charge in [0, 0.05) is 12.6 Å². The van der Waals surface area contributed by atoms with Gasteiger partial charge in [0.15, 0.2) is 0 Å². The van der Waals surface area contributed by atoms with Crippen molar-refractivity contribution in [2.45, 2.75) is 25.9 Å². The molecule has 146 valence electrons. The predicted molar refractivity (Wildman–Crippen MR) is 92.1 cm³/mol. The average molecular weight is 384 g/mol. The maximum atomic E-state index is 13.1. The van der Waals surface area contributed by atoms with Gasteiger partial charge in [-0.25, -0.2) is 9.07 Å². The van der Waals surface area contributed by atoms with Crippen molar-refractivity contribution in [3.05, 3.63) is 41.8 Å². The number of piperidine rings is 1. The van der Waals surface area contributed by atoms with Gasteiger partial charge in [0.25, 0.3) is 0 Å². The van der Waals surface area contributed by atoms with E-state index in [1.54, 1.807) is 13.0 Å². The second-order valence-corrected chi connectivity index (χ2v) is 6.72. The molecule has 1 aliphatic heterocycles. The van der Waals surface area contributed by atoms with E-state index in [0.29, 0.717) is 30.2 Å². The number of aryl methyl sites for hydroxylation is 1. The number of nitrogens with zero attached hydrogens (tertiary/aromatic N) is 3. The SMILES string of the molecule is Cc1cc(NC(=O)CN2CCC[C@@H](C(F)(F)F)C2)n(-c2ccc(F)cc2)n1. The summed E-state index contributed by atoms with van der Waals surface area (Å²) < 4.78 is 53.3. The molecule has 2 aromatic rings. The highest BCUT2D eigenvalue weighted by Crippen LogP contribution is 2.33. The molecule has 0 unspecified atom stereocenters. The number of anilines is 1. The first-order valence-corrected chi connectivity index (χ1v) is 8.64. The smallest absolute Gasteiger partial charge is 0.309 e. The predicted octanol–water partition coefficient (Wildman–Crippen LogP) is 3.53. The first kappa shape index (κ1) is 19.3. The molecule has 3 rings (SSSR count). The van der Waals surface area contributed by atoms with Crippen LogP contribution in [-0.2, 0) is 4.79 Å². The topological polar surface area (TPSA) is 50.2 Å². The van der Waals surface area contributed by atoms with Gasteiger partial charge in [0.05, 0.1) is 23.8 Å². The van der Waals surface area contributed by atoms with E-state index in [1.165, 1.54) is 33.8 Å². The quantitative estimate of drug-likeness (QED) is 0.821. The number of carbonyl (C=O) groups is 1. The second kappa shape index (κ2) is 7.67. The molecule has 0 radical (unpaired) electrons. The summed E-state index contributed by atoms with van der Waals surface area (Å²) in [7, 11) is 0. The average Bonchev–Trinajstić information content (AvgIpc) is 2.95. The van der Waals surface area contributed by atoms with Crippen LogP contribution in [0.5, 0.6) is 0 Å². The number of amides is 1. The molecule has 1 N–H and O–H groups in total. The van der Waals surface area contributed by atoms with E-state index in [-0.39, 0.29) is 19.5 Å². The maximum Gasteiger partial charge on any atom is 0.393 e. The van der Waals surface area contributed by atoms with E-state index in [2.05, 4.69) is 10.4 Å². The number of likely N-dealkylation sites (tertiary alicyclic amines) is 1. The van der Waals surface area contributed by atoms with Crippen LogP contribution in [0.2, 0.25) is 0 Å². The summed E-state index contributed by atoms with van der Waals surface area (Å²) in [4.78, 5) is 13.9. The number of hydrogen-bond acceptors (Lipinski definition) is 3. The summed E-state index contributed by atoms with van der Waals surface area (Å²) in [6.07, 6.45) is -3.74. The van der Waals surface area contributed by atoms with Crippen LogP contribution >= 0.6 is 0 Å². The summed E-state index contributed by atoms with van der Waals surface area (Å²) in [6.45, 7) is 1.90. The lowest BCUT2D eigenvalue weighted by atomic mass is 9.97. The van der Waals surface area contributed by atoms with E-state index in [4.69, 9.17) is 0 Å². The van der Waals surface area contributed by atoms with E-state index in [1.807, 2.05) is 0 Å². The third kappa shape index (κ3) is 4.85. The largest absolute Gasteiger partial charge is 0.393 e. The molecule has 0 saturated carbocycles. The third-order valence-electron chi connectivity index (χ3n) is 4.51. The number of benzene rings is 1. The van der Waals surface area contributed by atoms with Gasteiger partial charge < -0.3 is 5.32 Å². The first-order chi connectivity index (χ1) is 12.7. The van der Waals surface area contributed by atoms with Crippen LogP contribution < -0.4 is 5.32 Å². The summed E-state index contributed by atoms with van der Waals surface area (Å²) in [5.41, 5.74) is 1.21. The Bertz CT molecular complexity index is 801. The molecule has 1 atom stereocenters. The molecule has 9 heteroatoms. The normalized spacial score (nSPS) is 18.5. The molecule has 1 saturated heterocycles. The van der Waals surface area contributed by atoms with Crippen LogP contribution in [0.4, 0.5) is 23.4 Å². The molecule has 1 aromatic carbocycles. The summed E-state index contributed by atoms with van der Waals surface area (Å²) >= 11 is 0. The van der Waals surface area contributed by atoms with E-state index in [9.17, 15) is 22.4 Å². The lowest BCUT2D eigenvalue weighted by molar-refractivity contribution is -0.186. The van der Waals surface area contributed by atoms with Crippen molar-refractivity contribution in [2.24, 2.45) is 5.92 Å². The third-order valence-corrected chi connectivity index (χ3v) is 4.51. The fraction of sp³-hybridized carbons (Fsp3) is 0.444. The zero-order chi connectivity index (χ0) is 19.6. The van der Waals surface area contributed by atoms with Gasteiger partial charge in [0.2, 0.25) is 5.91 Å². The number of alkyl halides is 3. The van der Waals surface area contributed by atoms with Crippen LogP contribution in [0.15, 0.2) is 30.3 Å². The van der Waals surface area contributed by atoms with Gasteiger partial charge in [0.1, 0.15) is 11.6 Å². The van der Waals surface area contributed by atoms with Crippen molar-refractivity contribution in [1.82, 2.24) is 14.7 Å². The molecule has 0 bridgehead atoms. The molecule has 5 nitrogen and oxygen atoms in total. The molecule has 1 amide bonds. The van der Waals surface area contributed by atoms with Crippen LogP contribution in [0, 0.1) is 18.7 Å². The van der Waals surface area contributed by atoms with Gasteiger partial charge >= 0.3 is 6.18 Å². The minimum absolute atomic E-state index is 0.0954. The van der Waals surface area contributed by atoms with Crippen molar-refractivity contribution in [3.8, 4) is 5.69 Å². The van der Waals surface area contributed by atoms with Crippen LogP contribution in [0.1, 0.15) is 18.5 Å². The minimum Gasteiger partial charge on any atom is -0.309 e. The lowest BCUT2D eigenvalue weighted by Crippen LogP contribution is -2.44. The molecule has 0 spiro atoms. The molecule has 0 aliphatic carbocycles. The zero-order valence-electron chi connectivity index (χ0n) is 14.8. The number of rotatable bonds is 4. The summed E-state index contributed by atoms with van der Waals surface area (Å²) in [5.74, 6) is -1.82. The van der Waals surface area contributed by atoms with Crippen molar-refractivity contribution < 1.29 is 22.4 Å². The first-order valence-electron chi connectivity index (χ1n) is 8.64. The Morgan fingerprint density at radius 2 is 2.00 bits per heavy atom. The minimum atomic E-state index is -4.24. The summed E-state index contributed by atoms with van der Waals surface area (Å²) in [6, 6.07) is 7.26. The zero-order valence-corrected chi connectivity index (χ0v) is 14.8. The van der Waals surface area contributed by atoms with Gasteiger partial charge in [-0.2, -0.15) is 18.3 Å². The molecular weight excluding hydrogens is 364 g/mol. The monoisotopic (exact) mass is 384 g/mol. The molecule has 2 heterocycles. The Kier molecular flexibility index (Phi) is 5.50. The van der Waals surface area contributed by atoms with Crippen molar-refractivity contribution in [1.29, 1.82) is 0 Å². The molecule has 1 aliphatic rings. The van der Waals surface area contributed by atoms with Crippen LogP contribution in [0.3, 0.4) is 0 Å². The van der Waals surface area contributed by atoms with Gasteiger partial charge in [-0.05, 0) is 50.6 Å². The molecular formula is C18H20F4N4O. The van der Waals surface area contributed by atoms with E-state index < -0.39 is 23.8 Å². The number of carbonyl (C=O) groups excluding carboxylic acids is 1. The Morgan fingerprint density at radius 3 is 2.67 bits per heavy atom. The van der Waals surface area contributed by atoms with Crippen molar-refractivity contribution in [3.63, 3.8) is 0 Å². The highest BCUT2D eigenvalue weighted by Gasteiger charge is 2.41. The molecule has 1 fully saturated rings. The van der Waals surface area contributed by atoms with Gasteiger partial charge in [-0.1, -0.05) is 0 Å². The fourth-order valence-corrected chi connectivity index (χ4v) is 3.22. The van der Waals surface area contributed by atoms with Gasteiger partial charge in [-0.3, -0.25) is 9.69 Å². The lowest BCUT2D eigenvalue weighted by Gasteiger charge is -2.33.